The van der Waals surface area contributed by atoms with E-state index < -0.39 is 16.6 Å². The summed E-state index contributed by atoms with van der Waals surface area (Å²) in [4.78, 5) is 23.0. The van der Waals surface area contributed by atoms with Gasteiger partial charge in [-0.05, 0) is 80.0 Å². The van der Waals surface area contributed by atoms with Crippen molar-refractivity contribution in [3.05, 3.63) is 35.5 Å². The minimum absolute atomic E-state index is 0.290. The van der Waals surface area contributed by atoms with Gasteiger partial charge in [0, 0.05) is 38.2 Å². The van der Waals surface area contributed by atoms with E-state index in [0.717, 1.165) is 74.7 Å². The van der Waals surface area contributed by atoms with Gasteiger partial charge in [-0.25, -0.2) is 13.4 Å². The van der Waals surface area contributed by atoms with Gasteiger partial charge in [0.05, 0.1) is 36.0 Å². The highest BCUT2D eigenvalue weighted by Gasteiger charge is 2.49. The molecule has 214 valence electrons. The van der Waals surface area contributed by atoms with Crippen molar-refractivity contribution in [3.8, 4) is 5.75 Å². The largest absolute Gasteiger partial charge is 0.489 e. The van der Waals surface area contributed by atoms with Gasteiger partial charge in [-0.3, -0.25) is 9.52 Å². The Bertz CT molecular complexity index is 1440. The van der Waals surface area contributed by atoms with Gasteiger partial charge in [0.2, 0.25) is 10.0 Å². The summed E-state index contributed by atoms with van der Waals surface area (Å²) in [6.45, 7) is 3.75. The molecule has 4 fully saturated rings. The second-order valence-electron chi connectivity index (χ2n) is 12.4. The number of hydrogen-bond donors (Lipinski definition) is 3. The van der Waals surface area contributed by atoms with Crippen molar-refractivity contribution in [3.63, 3.8) is 0 Å². The number of carbonyl (C=O) groups is 1. The summed E-state index contributed by atoms with van der Waals surface area (Å²) < 4.78 is 33.2. The number of sulfonamides is 1. The summed E-state index contributed by atoms with van der Waals surface area (Å²) >= 11 is 0. The highest BCUT2D eigenvalue weighted by molar-refractivity contribution is 7.92. The minimum Gasteiger partial charge on any atom is -0.489 e. The lowest BCUT2D eigenvalue weighted by molar-refractivity contribution is 0.102. The normalized spacial score (nSPS) is 21.8. The number of fused-ring (bicyclic) bond motifs is 1. The van der Waals surface area contributed by atoms with Gasteiger partial charge < -0.3 is 25.0 Å². The summed E-state index contributed by atoms with van der Waals surface area (Å²) in [6.07, 6.45) is 9.18. The van der Waals surface area contributed by atoms with Gasteiger partial charge in [0.1, 0.15) is 5.69 Å². The maximum Gasteiger partial charge on any atom is 0.274 e. The Morgan fingerprint density at radius 1 is 1.00 bits per heavy atom. The molecule has 1 aromatic heterocycles. The Balaban J connectivity index is 1.17. The lowest BCUT2D eigenvalue weighted by Gasteiger charge is -2.35. The number of piperidine rings is 1. The van der Waals surface area contributed by atoms with Crippen molar-refractivity contribution in [2.45, 2.75) is 51.4 Å². The molecular formula is C29H37N5O5S. The quantitative estimate of drug-likeness (QED) is 0.444. The van der Waals surface area contributed by atoms with Crippen LogP contribution in [0.4, 0.5) is 22.9 Å². The highest BCUT2D eigenvalue weighted by Crippen LogP contribution is 2.55. The van der Waals surface area contributed by atoms with Gasteiger partial charge in [-0.2, -0.15) is 0 Å². The van der Waals surface area contributed by atoms with Crippen LogP contribution in [0.3, 0.4) is 0 Å². The molecule has 10 nitrogen and oxygen atoms in total. The van der Waals surface area contributed by atoms with Gasteiger partial charge in [-0.15, -0.1) is 0 Å². The molecule has 0 radical (unpaired) electrons. The van der Waals surface area contributed by atoms with Crippen molar-refractivity contribution in [1.82, 2.24) is 4.98 Å². The lowest BCUT2D eigenvalue weighted by atomic mass is 9.93. The number of aromatic nitrogens is 1. The average molecular weight is 568 g/mol. The number of aliphatic hydroxyl groups excluding tert-OH is 1. The van der Waals surface area contributed by atoms with Gasteiger partial charge in [0.15, 0.2) is 11.6 Å². The van der Waals surface area contributed by atoms with Gasteiger partial charge in [0.25, 0.3) is 5.91 Å². The van der Waals surface area contributed by atoms with Gasteiger partial charge in [-0.1, -0.05) is 0 Å². The lowest BCUT2D eigenvalue weighted by Crippen LogP contribution is -2.35. The van der Waals surface area contributed by atoms with E-state index in [4.69, 9.17) is 14.8 Å². The molecule has 1 aromatic carbocycles. The first-order chi connectivity index (χ1) is 19.3. The molecule has 4 heterocycles. The van der Waals surface area contributed by atoms with Crippen molar-refractivity contribution < 1.29 is 23.1 Å². The first-order valence-electron chi connectivity index (χ1n) is 14.5. The maximum absolute atomic E-state index is 13.7. The first kappa shape index (κ1) is 25.9. The van der Waals surface area contributed by atoms with Crippen molar-refractivity contribution >= 4 is 38.8 Å². The number of rotatable bonds is 8. The Morgan fingerprint density at radius 2 is 1.73 bits per heavy atom. The Kier molecular flexibility index (Phi) is 6.16. The van der Waals surface area contributed by atoms with Crippen molar-refractivity contribution in [2.24, 2.45) is 10.8 Å². The summed E-state index contributed by atoms with van der Waals surface area (Å²) in [6, 6.07) is 7.03. The first-order valence-corrected chi connectivity index (χ1v) is 16.1. The molecule has 0 unspecified atom stereocenters. The molecule has 0 atom stereocenters. The Morgan fingerprint density at radius 3 is 2.42 bits per heavy atom. The third kappa shape index (κ3) is 4.98. The van der Waals surface area contributed by atoms with Crippen LogP contribution >= 0.6 is 0 Å². The number of benzene rings is 1. The fourth-order valence-corrected chi connectivity index (χ4v) is 7.44. The minimum atomic E-state index is -3.67. The number of anilines is 4. The highest BCUT2D eigenvalue weighted by atomic mass is 32.2. The van der Waals surface area contributed by atoms with E-state index in [1.807, 2.05) is 6.07 Å². The van der Waals surface area contributed by atoms with Crippen LogP contribution in [0, 0.1) is 10.8 Å². The predicted molar refractivity (Wildman–Crippen MR) is 154 cm³/mol. The summed E-state index contributed by atoms with van der Waals surface area (Å²) in [5.74, 6) is 0.934. The van der Waals surface area contributed by atoms with Crippen LogP contribution in [0.2, 0.25) is 0 Å². The maximum atomic E-state index is 13.7. The summed E-state index contributed by atoms with van der Waals surface area (Å²) in [5, 5.41) is 12.2. The smallest absolute Gasteiger partial charge is 0.274 e. The number of aliphatic hydroxyl groups is 1. The van der Waals surface area contributed by atoms with Crippen LogP contribution in [0.1, 0.15) is 61.0 Å². The van der Waals surface area contributed by atoms with Crippen molar-refractivity contribution in [2.75, 3.05) is 65.0 Å². The molecule has 11 heteroatoms. The number of nitrogens with zero attached hydrogens (tertiary/aromatic N) is 3. The average Bonchev–Trinajstić information content (AvgIpc) is 3.75. The molecule has 2 saturated carbocycles. The monoisotopic (exact) mass is 567 g/mol. The molecule has 40 heavy (non-hydrogen) atoms. The van der Waals surface area contributed by atoms with Crippen LogP contribution in [-0.4, -0.2) is 69.6 Å². The van der Waals surface area contributed by atoms with E-state index in [0.29, 0.717) is 34.5 Å². The second-order valence-corrected chi connectivity index (χ2v) is 14.2. The predicted octanol–water partition coefficient (Wildman–Crippen LogP) is 3.37. The number of amides is 1. The van der Waals surface area contributed by atoms with E-state index in [2.05, 4.69) is 19.8 Å². The van der Waals surface area contributed by atoms with Crippen molar-refractivity contribution in [1.29, 1.82) is 0 Å². The number of hydrogen-bond acceptors (Lipinski definition) is 8. The molecule has 5 aliphatic rings. The number of pyridine rings is 1. The van der Waals surface area contributed by atoms with Gasteiger partial charge >= 0.3 is 0 Å². The zero-order valence-corrected chi connectivity index (χ0v) is 23.6. The molecule has 2 aliphatic carbocycles. The molecule has 2 spiro atoms. The molecule has 7 rings (SSSR count). The summed E-state index contributed by atoms with van der Waals surface area (Å²) in [5.41, 5.74) is 4.10. The Labute approximate surface area is 235 Å². The SMILES string of the molecule is O=C(Nc1ccc(NS(=O)(=O)CCO)cc1N1CCC2(CC1)CC2)c1cc2c(c(N3CCC4(CC4)C3)n1)OCC2. The third-order valence-electron chi connectivity index (χ3n) is 9.58. The van der Waals surface area contributed by atoms with E-state index in [-0.39, 0.29) is 11.7 Å². The molecule has 2 saturated heterocycles. The number of carbonyl (C=O) groups excluding carboxylic acids is 1. The van der Waals surface area contributed by atoms with Crippen LogP contribution < -0.4 is 24.6 Å². The topological polar surface area (TPSA) is 124 Å². The zero-order valence-electron chi connectivity index (χ0n) is 22.7. The fourth-order valence-electron chi connectivity index (χ4n) is 6.61. The molecule has 3 N–H and O–H groups in total. The molecule has 0 bridgehead atoms. The Hall–Kier alpha value is -3.05. The van der Waals surface area contributed by atoms with Crippen LogP contribution in [-0.2, 0) is 16.4 Å². The number of ether oxygens (including phenoxy) is 1. The van der Waals surface area contributed by atoms with E-state index in [1.165, 1.54) is 25.7 Å². The summed E-state index contributed by atoms with van der Waals surface area (Å²) in [7, 11) is -3.67. The molecule has 3 aliphatic heterocycles. The standard InChI is InChI=1S/C29H37N5O5S/c35-14-16-40(37,38)32-21-1-2-22(24(18-21)33-11-8-28(4-5-28)9-12-33)31-27(36)23-17-20-3-15-39-25(20)26(30-23)34-13-10-29(19-34)6-7-29/h1-2,17-18,32,35H,3-16,19H2,(H,31,36). The number of nitrogens with one attached hydrogen (secondary N) is 2. The van der Waals surface area contributed by atoms with E-state index >= 15 is 0 Å². The second kappa shape index (κ2) is 9.51. The third-order valence-corrected chi connectivity index (χ3v) is 10.8. The zero-order chi connectivity index (χ0) is 27.5. The van der Waals surface area contributed by atoms with E-state index in [9.17, 15) is 13.2 Å². The van der Waals surface area contributed by atoms with Crippen LogP contribution in [0.15, 0.2) is 24.3 Å². The van der Waals surface area contributed by atoms with Crippen LogP contribution in [0.5, 0.6) is 5.75 Å². The molecular weight excluding hydrogens is 530 g/mol. The fraction of sp³-hybridized carbons (Fsp3) is 0.586. The van der Waals surface area contributed by atoms with E-state index in [1.54, 1.807) is 18.2 Å². The molecule has 2 aromatic rings. The molecule has 1 amide bonds. The van der Waals surface area contributed by atoms with Crippen LogP contribution in [0.25, 0.3) is 0 Å².